The summed E-state index contributed by atoms with van der Waals surface area (Å²) < 4.78 is 5.13. The molecule has 25 heavy (non-hydrogen) atoms. The van der Waals surface area contributed by atoms with E-state index in [1.165, 1.54) is 6.42 Å². The number of nitrogens with one attached hydrogen (secondary N) is 1. The van der Waals surface area contributed by atoms with Gasteiger partial charge in [-0.3, -0.25) is 9.59 Å². The molecule has 0 spiro atoms. The molecule has 1 amide bonds. The number of hydrogen-bond donors (Lipinski definition) is 1. The van der Waals surface area contributed by atoms with Gasteiger partial charge in [0.05, 0.1) is 0 Å². The molecule has 136 valence electrons. The van der Waals surface area contributed by atoms with Crippen molar-refractivity contribution in [2.45, 2.75) is 57.9 Å². The fourth-order valence-corrected chi connectivity index (χ4v) is 4.03. The summed E-state index contributed by atoms with van der Waals surface area (Å²) >= 11 is 0. The number of aromatic nitrogens is 1. The predicted octanol–water partition coefficient (Wildman–Crippen LogP) is 2.06. The van der Waals surface area contributed by atoms with Gasteiger partial charge in [-0.05, 0) is 49.7 Å². The summed E-state index contributed by atoms with van der Waals surface area (Å²) in [5.74, 6) is -0.489. The molecule has 1 heterocycles. The van der Waals surface area contributed by atoms with E-state index in [0.29, 0.717) is 5.92 Å². The van der Waals surface area contributed by atoms with Crippen molar-refractivity contribution >= 4 is 11.9 Å². The molecule has 3 rings (SSSR count). The number of aryl methyl sites for hydroxylation is 2. The first-order chi connectivity index (χ1) is 12.0. The number of carbonyl (C=O) groups excluding carboxylic acids is 2. The minimum absolute atomic E-state index is 0.0119. The number of hydrogen-bond acceptors (Lipinski definition) is 4. The van der Waals surface area contributed by atoms with Gasteiger partial charge in [-0.1, -0.05) is 19.8 Å². The highest BCUT2D eigenvalue weighted by Gasteiger charge is 2.28. The van der Waals surface area contributed by atoms with E-state index in [2.05, 4.69) is 11.9 Å². The van der Waals surface area contributed by atoms with E-state index < -0.39 is 11.5 Å². The van der Waals surface area contributed by atoms with Crippen molar-refractivity contribution < 1.29 is 14.3 Å². The van der Waals surface area contributed by atoms with Crippen LogP contribution in [0.25, 0.3) is 0 Å². The van der Waals surface area contributed by atoms with Crippen LogP contribution in [0.1, 0.15) is 60.6 Å². The van der Waals surface area contributed by atoms with Gasteiger partial charge in [0.1, 0.15) is 5.56 Å². The summed E-state index contributed by atoms with van der Waals surface area (Å²) in [6, 6.07) is 1.81. The molecule has 6 nitrogen and oxygen atoms in total. The Hall–Kier alpha value is -2.11. The molecule has 0 aliphatic heterocycles. The smallest absolute Gasteiger partial charge is 0.344 e. The number of ether oxygens (including phenoxy) is 1. The van der Waals surface area contributed by atoms with Crippen LogP contribution in [0.3, 0.4) is 0 Å². The summed E-state index contributed by atoms with van der Waals surface area (Å²) in [7, 11) is 1.77. The molecule has 2 aliphatic rings. The van der Waals surface area contributed by atoms with E-state index in [4.69, 9.17) is 4.74 Å². The molecule has 6 heteroatoms. The largest absolute Gasteiger partial charge is 0.452 e. The fourth-order valence-electron chi connectivity index (χ4n) is 4.03. The molecule has 1 saturated carbocycles. The minimum atomic E-state index is -0.727. The topological polar surface area (TPSA) is 79.5 Å². The Balaban J connectivity index is 1.60. The quantitative estimate of drug-likeness (QED) is 0.846. The number of rotatable bonds is 4. The molecule has 0 saturated heterocycles. The van der Waals surface area contributed by atoms with Crippen molar-refractivity contribution in [1.29, 1.82) is 0 Å². The lowest BCUT2D eigenvalue weighted by Crippen LogP contribution is -2.44. The average Bonchev–Trinajstić information content (AvgIpc) is 3.05. The molecule has 1 aromatic rings. The predicted molar refractivity (Wildman–Crippen MR) is 93.6 cm³/mol. The zero-order valence-corrected chi connectivity index (χ0v) is 15.0. The van der Waals surface area contributed by atoms with Gasteiger partial charge < -0.3 is 14.6 Å². The first-order valence-corrected chi connectivity index (χ1v) is 9.15. The number of likely N-dealkylation sites (N-methyl/N-ethyl adjacent to an activating group) is 1. The average molecular weight is 346 g/mol. The van der Waals surface area contributed by atoms with Crippen molar-refractivity contribution in [1.82, 2.24) is 9.88 Å². The van der Waals surface area contributed by atoms with E-state index in [-0.39, 0.29) is 24.1 Å². The number of aromatic amines is 1. The standard InChI is InChI=1S/C19H26N2O4/c1-12-6-3-4-9-16(12)21(2)17(22)11-25-19(24)14-10-13-7-5-8-15(13)20-18(14)23/h10,12,16H,3-9,11H2,1-2H3,(H,20,23)/t12-,16+/m0/s1. The SMILES string of the molecule is C[C@H]1CCCC[C@H]1N(C)C(=O)COC(=O)c1cc2c([nH]c1=O)CCC2. The third-order valence-corrected chi connectivity index (χ3v) is 5.59. The number of nitrogens with zero attached hydrogens (tertiary/aromatic N) is 1. The Morgan fingerprint density at radius 1 is 1.24 bits per heavy atom. The van der Waals surface area contributed by atoms with Gasteiger partial charge in [-0.2, -0.15) is 0 Å². The monoisotopic (exact) mass is 346 g/mol. The zero-order valence-electron chi connectivity index (χ0n) is 15.0. The van der Waals surface area contributed by atoms with Crippen LogP contribution < -0.4 is 5.56 Å². The Morgan fingerprint density at radius 2 is 2.00 bits per heavy atom. The molecule has 2 atom stereocenters. The summed E-state index contributed by atoms with van der Waals surface area (Å²) in [5, 5.41) is 0. The van der Waals surface area contributed by atoms with Gasteiger partial charge in [0.15, 0.2) is 6.61 Å². The number of esters is 1. The van der Waals surface area contributed by atoms with E-state index >= 15 is 0 Å². The lowest BCUT2D eigenvalue weighted by Gasteiger charge is -2.36. The first-order valence-electron chi connectivity index (χ1n) is 9.15. The minimum Gasteiger partial charge on any atom is -0.452 e. The molecule has 1 N–H and O–H groups in total. The molecule has 0 unspecified atom stereocenters. The molecular formula is C19H26N2O4. The van der Waals surface area contributed by atoms with Gasteiger partial charge in [0.25, 0.3) is 11.5 Å². The third kappa shape index (κ3) is 3.78. The van der Waals surface area contributed by atoms with Crippen molar-refractivity contribution in [2.24, 2.45) is 5.92 Å². The number of fused-ring (bicyclic) bond motifs is 1. The lowest BCUT2D eigenvalue weighted by molar-refractivity contribution is -0.136. The highest BCUT2D eigenvalue weighted by molar-refractivity contribution is 5.91. The zero-order chi connectivity index (χ0) is 18.0. The first kappa shape index (κ1) is 17.7. The van der Waals surface area contributed by atoms with E-state index in [0.717, 1.165) is 49.8 Å². The lowest BCUT2D eigenvalue weighted by atomic mass is 9.85. The van der Waals surface area contributed by atoms with Crippen LogP contribution in [0.15, 0.2) is 10.9 Å². The number of carbonyl (C=O) groups is 2. The maximum Gasteiger partial charge on any atom is 0.344 e. The second kappa shape index (κ2) is 7.42. The molecule has 2 aliphatic carbocycles. The van der Waals surface area contributed by atoms with E-state index in [9.17, 15) is 14.4 Å². The third-order valence-electron chi connectivity index (χ3n) is 5.59. The van der Waals surface area contributed by atoms with Gasteiger partial charge in [0, 0.05) is 18.8 Å². The summed E-state index contributed by atoms with van der Waals surface area (Å²) in [6.45, 7) is 1.83. The molecule has 0 aromatic carbocycles. The molecule has 1 aromatic heterocycles. The van der Waals surface area contributed by atoms with Crippen LogP contribution in [-0.4, -0.2) is 41.5 Å². The summed E-state index contributed by atoms with van der Waals surface area (Å²) in [5.41, 5.74) is 1.45. The summed E-state index contributed by atoms with van der Waals surface area (Å²) in [6.07, 6.45) is 7.10. The second-order valence-corrected chi connectivity index (χ2v) is 7.28. The highest BCUT2D eigenvalue weighted by Crippen LogP contribution is 2.27. The molecule has 0 bridgehead atoms. The van der Waals surface area contributed by atoms with Crippen LogP contribution >= 0.6 is 0 Å². The Labute approximate surface area is 147 Å². The van der Waals surface area contributed by atoms with Crippen molar-refractivity contribution in [3.05, 3.63) is 33.2 Å². The Morgan fingerprint density at radius 3 is 2.76 bits per heavy atom. The van der Waals surface area contributed by atoms with Crippen LogP contribution in [-0.2, 0) is 22.4 Å². The van der Waals surface area contributed by atoms with Gasteiger partial charge in [-0.15, -0.1) is 0 Å². The highest BCUT2D eigenvalue weighted by atomic mass is 16.5. The van der Waals surface area contributed by atoms with Gasteiger partial charge in [0.2, 0.25) is 0 Å². The van der Waals surface area contributed by atoms with E-state index in [1.807, 2.05) is 0 Å². The fraction of sp³-hybridized carbons (Fsp3) is 0.632. The second-order valence-electron chi connectivity index (χ2n) is 7.28. The van der Waals surface area contributed by atoms with Gasteiger partial charge >= 0.3 is 5.97 Å². The van der Waals surface area contributed by atoms with Crippen molar-refractivity contribution in [2.75, 3.05) is 13.7 Å². The Bertz CT molecular complexity index is 725. The molecule has 0 radical (unpaired) electrons. The number of amides is 1. The molecule has 1 fully saturated rings. The van der Waals surface area contributed by atoms with Crippen molar-refractivity contribution in [3.8, 4) is 0 Å². The van der Waals surface area contributed by atoms with E-state index in [1.54, 1.807) is 18.0 Å². The number of H-pyrrole nitrogens is 1. The Kier molecular flexibility index (Phi) is 5.25. The van der Waals surface area contributed by atoms with Gasteiger partial charge in [-0.25, -0.2) is 4.79 Å². The van der Waals surface area contributed by atoms with Crippen LogP contribution in [0.5, 0.6) is 0 Å². The van der Waals surface area contributed by atoms with Crippen LogP contribution in [0.4, 0.5) is 0 Å². The van der Waals surface area contributed by atoms with Crippen LogP contribution in [0.2, 0.25) is 0 Å². The maximum atomic E-state index is 12.4. The van der Waals surface area contributed by atoms with Crippen molar-refractivity contribution in [3.63, 3.8) is 0 Å². The number of pyridine rings is 1. The summed E-state index contributed by atoms with van der Waals surface area (Å²) in [4.78, 5) is 41.1. The maximum absolute atomic E-state index is 12.4. The normalized spacial score (nSPS) is 22.3. The van der Waals surface area contributed by atoms with Crippen LogP contribution in [0, 0.1) is 5.92 Å². The molecular weight excluding hydrogens is 320 g/mol.